The van der Waals surface area contributed by atoms with Crippen LogP contribution < -0.4 is 11.1 Å². The second kappa shape index (κ2) is 9.23. The van der Waals surface area contributed by atoms with Crippen LogP contribution in [0, 0.1) is 11.3 Å². The van der Waals surface area contributed by atoms with E-state index in [1.54, 1.807) is 35.1 Å². The molecule has 1 amide bonds. The Morgan fingerprint density at radius 2 is 2.09 bits per heavy atom. The Kier molecular flexibility index (Phi) is 5.81. The van der Waals surface area contributed by atoms with E-state index in [-0.39, 0.29) is 11.8 Å². The average Bonchev–Trinajstić information content (AvgIpc) is 3.30. The number of amides is 1. The van der Waals surface area contributed by atoms with Crippen molar-refractivity contribution in [3.63, 3.8) is 0 Å². The Balaban J connectivity index is 1.48. The number of nitrogen functional groups attached to an aromatic ring is 1. The molecule has 1 atom stereocenters. The van der Waals surface area contributed by atoms with E-state index >= 15 is 0 Å². The largest absolute Gasteiger partial charge is 0.369 e. The van der Waals surface area contributed by atoms with Crippen molar-refractivity contribution in [2.24, 2.45) is 0 Å². The second-order valence-electron chi connectivity index (χ2n) is 8.27. The van der Waals surface area contributed by atoms with Crippen LogP contribution in [-0.4, -0.2) is 48.2 Å². The molecule has 5 rings (SSSR count). The van der Waals surface area contributed by atoms with Gasteiger partial charge in [0.2, 0.25) is 11.9 Å². The summed E-state index contributed by atoms with van der Waals surface area (Å²) in [5.41, 5.74) is 9.84. The Bertz CT molecular complexity index is 1450. The van der Waals surface area contributed by atoms with Gasteiger partial charge < -0.3 is 16.0 Å². The molecule has 0 spiro atoms. The molecule has 10 nitrogen and oxygen atoms in total. The van der Waals surface area contributed by atoms with Gasteiger partial charge in [-0.3, -0.25) is 14.2 Å². The number of nitrogens with one attached hydrogen (secondary N) is 1. The number of rotatable bonds is 5. The zero-order chi connectivity index (χ0) is 24.4. The standard InChI is InChI=1S/C25H23N9O/c1-2-22(35)33-11-3-4-17(15-33)23-20-8-10-29-25(27)34(20)24(32-23)19-6-5-18(14-30-19)31-21-12-16(13-26)7-9-28-21/h2,5-10,12,14,17H,1,3-4,11,15H2,(H2,27,29)(H,28,31). The van der Waals surface area contributed by atoms with E-state index in [1.165, 1.54) is 6.08 Å². The van der Waals surface area contributed by atoms with E-state index in [2.05, 4.69) is 32.9 Å². The first-order valence-corrected chi connectivity index (χ1v) is 11.2. The van der Waals surface area contributed by atoms with Gasteiger partial charge in [-0.05, 0) is 49.2 Å². The average molecular weight is 466 g/mol. The van der Waals surface area contributed by atoms with E-state index in [1.807, 2.05) is 23.1 Å². The Labute approximate surface area is 201 Å². The summed E-state index contributed by atoms with van der Waals surface area (Å²) in [5, 5.41) is 12.2. The minimum atomic E-state index is -0.0702. The molecule has 1 saturated heterocycles. The fourth-order valence-electron chi connectivity index (χ4n) is 4.40. The third kappa shape index (κ3) is 4.27. The van der Waals surface area contributed by atoms with Crippen LogP contribution in [0.5, 0.6) is 0 Å². The molecule has 0 radical (unpaired) electrons. The summed E-state index contributed by atoms with van der Waals surface area (Å²) in [6.45, 7) is 4.90. The van der Waals surface area contributed by atoms with Crippen molar-refractivity contribution < 1.29 is 4.79 Å². The Morgan fingerprint density at radius 3 is 2.86 bits per heavy atom. The second-order valence-corrected chi connectivity index (χ2v) is 8.27. The highest BCUT2D eigenvalue weighted by Crippen LogP contribution is 2.33. The number of likely N-dealkylation sites (tertiary alicyclic amines) is 1. The van der Waals surface area contributed by atoms with Gasteiger partial charge in [-0.2, -0.15) is 5.26 Å². The third-order valence-corrected chi connectivity index (χ3v) is 6.06. The number of nitrogens with two attached hydrogens (primary N) is 1. The third-order valence-electron chi connectivity index (χ3n) is 6.06. The maximum Gasteiger partial charge on any atom is 0.245 e. The van der Waals surface area contributed by atoms with Crippen LogP contribution in [0.3, 0.4) is 0 Å². The monoisotopic (exact) mass is 465 g/mol. The fraction of sp³-hybridized carbons (Fsp3) is 0.200. The first-order chi connectivity index (χ1) is 17.1. The summed E-state index contributed by atoms with van der Waals surface area (Å²) in [5.74, 6) is 1.45. The van der Waals surface area contributed by atoms with Crippen LogP contribution in [0.2, 0.25) is 0 Å². The predicted molar refractivity (Wildman–Crippen MR) is 132 cm³/mol. The number of nitrogens with zero attached hydrogens (tertiary/aromatic N) is 7. The lowest BCUT2D eigenvalue weighted by Crippen LogP contribution is -2.38. The number of carbonyl (C=O) groups excluding carboxylic acids is 1. The van der Waals surface area contributed by atoms with E-state index < -0.39 is 0 Å². The van der Waals surface area contributed by atoms with Gasteiger partial charge >= 0.3 is 0 Å². The predicted octanol–water partition coefficient (Wildman–Crippen LogP) is 3.28. The van der Waals surface area contributed by atoms with Gasteiger partial charge in [0.25, 0.3) is 0 Å². The van der Waals surface area contributed by atoms with Crippen molar-refractivity contribution >= 4 is 28.9 Å². The molecule has 4 aromatic heterocycles. The molecule has 1 aliphatic heterocycles. The SMILES string of the molecule is C=CC(=O)N1CCCC(c2nc(-c3ccc(Nc4cc(C#N)ccn4)cn3)n3c(N)nccc23)C1. The van der Waals surface area contributed by atoms with Crippen LogP contribution in [0.1, 0.15) is 30.0 Å². The van der Waals surface area contributed by atoms with E-state index in [9.17, 15) is 4.79 Å². The summed E-state index contributed by atoms with van der Waals surface area (Å²) in [7, 11) is 0. The van der Waals surface area contributed by atoms with E-state index in [0.29, 0.717) is 41.9 Å². The number of nitriles is 1. The van der Waals surface area contributed by atoms with Gasteiger partial charge in [-0.15, -0.1) is 0 Å². The maximum atomic E-state index is 12.2. The molecular formula is C25H23N9O. The number of carbonyl (C=O) groups is 1. The first-order valence-electron chi connectivity index (χ1n) is 11.2. The fourth-order valence-corrected chi connectivity index (χ4v) is 4.40. The molecule has 0 aliphatic carbocycles. The number of imidazole rings is 1. The molecule has 0 aromatic carbocycles. The van der Waals surface area contributed by atoms with Gasteiger partial charge in [0.15, 0.2) is 5.82 Å². The number of aromatic nitrogens is 5. The molecule has 3 N–H and O–H groups in total. The normalized spacial score (nSPS) is 15.5. The minimum absolute atomic E-state index is 0.0672. The van der Waals surface area contributed by atoms with Crippen molar-refractivity contribution in [3.05, 3.63) is 72.8 Å². The molecule has 1 unspecified atom stereocenters. The van der Waals surface area contributed by atoms with Crippen LogP contribution in [0.25, 0.3) is 17.0 Å². The molecule has 0 bridgehead atoms. The van der Waals surface area contributed by atoms with Crippen molar-refractivity contribution in [1.29, 1.82) is 5.26 Å². The number of anilines is 3. The van der Waals surface area contributed by atoms with E-state index in [0.717, 1.165) is 29.7 Å². The van der Waals surface area contributed by atoms with Gasteiger partial charge in [-0.1, -0.05) is 6.58 Å². The molecule has 0 saturated carbocycles. The van der Waals surface area contributed by atoms with Crippen LogP contribution in [-0.2, 0) is 4.79 Å². The number of hydrogen-bond donors (Lipinski definition) is 2. The summed E-state index contributed by atoms with van der Waals surface area (Å²) < 4.78 is 1.80. The van der Waals surface area contributed by atoms with E-state index in [4.69, 9.17) is 16.0 Å². The van der Waals surface area contributed by atoms with Crippen LogP contribution >= 0.6 is 0 Å². The Morgan fingerprint density at radius 1 is 1.23 bits per heavy atom. The highest BCUT2D eigenvalue weighted by atomic mass is 16.2. The molecule has 10 heteroatoms. The summed E-state index contributed by atoms with van der Waals surface area (Å²) in [4.78, 5) is 32.0. The number of piperidine rings is 1. The lowest BCUT2D eigenvalue weighted by Gasteiger charge is -2.31. The van der Waals surface area contributed by atoms with Crippen LogP contribution in [0.4, 0.5) is 17.5 Å². The summed E-state index contributed by atoms with van der Waals surface area (Å²) in [6.07, 6.45) is 8.07. The molecular weight excluding hydrogens is 442 g/mol. The number of hydrogen-bond acceptors (Lipinski definition) is 8. The summed E-state index contributed by atoms with van der Waals surface area (Å²) >= 11 is 0. The smallest absolute Gasteiger partial charge is 0.245 e. The zero-order valence-corrected chi connectivity index (χ0v) is 18.9. The molecule has 35 heavy (non-hydrogen) atoms. The van der Waals surface area contributed by atoms with Gasteiger partial charge in [0.05, 0.1) is 34.7 Å². The number of pyridine rings is 2. The van der Waals surface area contributed by atoms with Crippen molar-refractivity contribution in [2.45, 2.75) is 18.8 Å². The molecule has 4 aromatic rings. The molecule has 1 aliphatic rings. The van der Waals surface area contributed by atoms with Crippen molar-refractivity contribution in [1.82, 2.24) is 29.2 Å². The minimum Gasteiger partial charge on any atom is -0.369 e. The highest BCUT2D eigenvalue weighted by molar-refractivity contribution is 5.87. The Hall–Kier alpha value is -4.78. The van der Waals surface area contributed by atoms with Gasteiger partial charge in [0, 0.05) is 31.4 Å². The topological polar surface area (TPSA) is 138 Å². The number of fused-ring (bicyclic) bond motifs is 1. The van der Waals surface area contributed by atoms with Crippen molar-refractivity contribution in [3.8, 4) is 17.6 Å². The maximum absolute atomic E-state index is 12.2. The lowest BCUT2D eigenvalue weighted by molar-refractivity contribution is -0.127. The van der Waals surface area contributed by atoms with Gasteiger partial charge in [-0.25, -0.2) is 15.0 Å². The quantitative estimate of drug-likeness (QED) is 0.428. The highest BCUT2D eigenvalue weighted by Gasteiger charge is 2.28. The molecule has 174 valence electrons. The molecule has 1 fully saturated rings. The molecule has 5 heterocycles. The lowest BCUT2D eigenvalue weighted by atomic mass is 9.94. The summed E-state index contributed by atoms with van der Waals surface area (Å²) in [6, 6.07) is 11.0. The first kappa shape index (κ1) is 22.0. The van der Waals surface area contributed by atoms with Crippen molar-refractivity contribution in [2.75, 3.05) is 24.1 Å². The van der Waals surface area contributed by atoms with Gasteiger partial charge in [0.1, 0.15) is 11.5 Å². The van der Waals surface area contributed by atoms with Crippen LogP contribution in [0.15, 0.2) is 61.6 Å². The zero-order valence-electron chi connectivity index (χ0n) is 18.9.